The summed E-state index contributed by atoms with van der Waals surface area (Å²) in [5, 5.41) is 9.29. The lowest BCUT2D eigenvalue weighted by molar-refractivity contribution is -0.161. The number of carboxylic acids is 1. The molecule has 4 nitrogen and oxygen atoms in total. The maximum Gasteiger partial charge on any atom is 0.310 e. The predicted molar refractivity (Wildman–Crippen MR) is 119 cm³/mol. The van der Waals surface area contributed by atoms with Gasteiger partial charge in [-0.2, -0.15) is 0 Å². The van der Waals surface area contributed by atoms with Crippen molar-refractivity contribution in [1.29, 1.82) is 0 Å². The zero-order valence-corrected chi connectivity index (χ0v) is 19.0. The lowest BCUT2D eigenvalue weighted by Crippen LogP contribution is -2.33. The summed E-state index contributed by atoms with van der Waals surface area (Å²) in [5.41, 5.74) is 0. The maximum atomic E-state index is 12.3. The molecule has 3 unspecified atom stereocenters. The Morgan fingerprint density at radius 2 is 1.24 bits per heavy atom. The fourth-order valence-corrected chi connectivity index (χ4v) is 4.09. The summed E-state index contributed by atoms with van der Waals surface area (Å²) >= 11 is 0. The molecule has 1 aliphatic rings. The summed E-state index contributed by atoms with van der Waals surface area (Å²) in [5.74, 6) is -1.59. The molecule has 3 atom stereocenters. The van der Waals surface area contributed by atoms with Crippen LogP contribution in [0.15, 0.2) is 12.2 Å². The van der Waals surface area contributed by atoms with Crippen LogP contribution in [-0.4, -0.2) is 23.1 Å². The minimum Gasteiger partial charge on any atom is -0.481 e. The van der Waals surface area contributed by atoms with Crippen molar-refractivity contribution >= 4 is 11.9 Å². The molecular formula is C25H44O4. The molecule has 0 saturated heterocycles. The van der Waals surface area contributed by atoms with E-state index in [2.05, 4.69) is 13.8 Å². The molecule has 1 N–H and O–H groups in total. The van der Waals surface area contributed by atoms with E-state index in [9.17, 15) is 14.7 Å². The molecule has 0 spiro atoms. The number of unbranched alkanes of at least 4 members (excludes halogenated alkanes) is 9. The second kappa shape index (κ2) is 15.5. The zero-order chi connectivity index (χ0) is 21.5. The molecule has 0 bridgehead atoms. The largest absolute Gasteiger partial charge is 0.481 e. The third kappa shape index (κ3) is 12.1. The Morgan fingerprint density at radius 1 is 0.793 bits per heavy atom. The van der Waals surface area contributed by atoms with E-state index < -0.39 is 17.8 Å². The number of ether oxygens (including phenoxy) is 1. The monoisotopic (exact) mass is 408 g/mol. The molecular weight excluding hydrogens is 364 g/mol. The molecule has 168 valence electrons. The van der Waals surface area contributed by atoms with Crippen molar-refractivity contribution in [3.05, 3.63) is 12.2 Å². The van der Waals surface area contributed by atoms with Crippen LogP contribution in [0.3, 0.4) is 0 Å². The summed E-state index contributed by atoms with van der Waals surface area (Å²) in [6, 6.07) is 0. The molecule has 0 saturated carbocycles. The van der Waals surface area contributed by atoms with E-state index in [4.69, 9.17) is 4.74 Å². The minimum absolute atomic E-state index is 0.131. The van der Waals surface area contributed by atoms with Gasteiger partial charge in [-0.3, -0.25) is 9.59 Å². The molecule has 1 rings (SSSR count). The van der Waals surface area contributed by atoms with Gasteiger partial charge in [0.2, 0.25) is 0 Å². The maximum absolute atomic E-state index is 12.3. The van der Waals surface area contributed by atoms with Gasteiger partial charge < -0.3 is 9.84 Å². The van der Waals surface area contributed by atoms with Crippen LogP contribution in [0.1, 0.15) is 111 Å². The highest BCUT2D eigenvalue weighted by Gasteiger charge is 2.35. The van der Waals surface area contributed by atoms with Crippen LogP contribution in [0.4, 0.5) is 0 Å². The number of carbonyl (C=O) groups is 2. The quantitative estimate of drug-likeness (QED) is 0.171. The van der Waals surface area contributed by atoms with Crippen LogP contribution in [0.2, 0.25) is 0 Å². The zero-order valence-electron chi connectivity index (χ0n) is 19.0. The Hall–Kier alpha value is -1.32. The third-order valence-electron chi connectivity index (χ3n) is 6.01. The van der Waals surface area contributed by atoms with E-state index in [1.54, 1.807) is 0 Å². The van der Waals surface area contributed by atoms with Gasteiger partial charge in [0.25, 0.3) is 0 Å². The molecule has 0 aromatic rings. The fourth-order valence-electron chi connectivity index (χ4n) is 4.09. The highest BCUT2D eigenvalue weighted by atomic mass is 16.5. The number of esters is 1. The number of carbonyl (C=O) groups excluding carboxylic acids is 1. The number of allylic oxidation sites excluding steroid dienone is 2. The van der Waals surface area contributed by atoms with Crippen LogP contribution in [0.5, 0.6) is 0 Å². The predicted octanol–water partition coefficient (Wildman–Crippen LogP) is 6.92. The molecule has 0 aromatic heterocycles. The van der Waals surface area contributed by atoms with Crippen molar-refractivity contribution in [2.75, 3.05) is 0 Å². The summed E-state index contributed by atoms with van der Waals surface area (Å²) in [7, 11) is 0. The van der Waals surface area contributed by atoms with Crippen LogP contribution in [-0.2, 0) is 14.3 Å². The normalized spacial score (nSPS) is 20.0. The number of aliphatic carboxylic acids is 1. The topological polar surface area (TPSA) is 63.6 Å². The molecule has 0 fully saturated rings. The third-order valence-corrected chi connectivity index (χ3v) is 6.01. The van der Waals surface area contributed by atoms with Crippen LogP contribution in [0.25, 0.3) is 0 Å². The van der Waals surface area contributed by atoms with Crippen molar-refractivity contribution in [2.24, 2.45) is 17.8 Å². The van der Waals surface area contributed by atoms with Gasteiger partial charge in [-0.1, -0.05) is 90.2 Å². The van der Waals surface area contributed by atoms with Gasteiger partial charge in [-0.25, -0.2) is 0 Å². The lowest BCUT2D eigenvalue weighted by atomic mass is 9.83. The minimum atomic E-state index is -0.903. The van der Waals surface area contributed by atoms with E-state index >= 15 is 0 Å². The highest BCUT2D eigenvalue weighted by Crippen LogP contribution is 2.27. The molecule has 4 heteroatoms. The summed E-state index contributed by atoms with van der Waals surface area (Å²) in [4.78, 5) is 23.7. The average Bonchev–Trinajstić information content (AvgIpc) is 2.68. The van der Waals surface area contributed by atoms with Gasteiger partial charge in [0.05, 0.1) is 17.9 Å². The first-order valence-electron chi connectivity index (χ1n) is 12.0. The molecule has 0 amide bonds. The summed E-state index contributed by atoms with van der Waals surface area (Å²) < 4.78 is 5.54. The lowest BCUT2D eigenvalue weighted by Gasteiger charge is -2.25. The first-order chi connectivity index (χ1) is 13.9. The Kier molecular flexibility index (Phi) is 13.8. The van der Waals surface area contributed by atoms with Crippen LogP contribution < -0.4 is 0 Å². The van der Waals surface area contributed by atoms with Gasteiger partial charge in [-0.05, 0) is 38.5 Å². The van der Waals surface area contributed by atoms with E-state index in [0.29, 0.717) is 12.8 Å². The van der Waals surface area contributed by atoms with E-state index in [0.717, 1.165) is 18.8 Å². The first kappa shape index (κ1) is 25.7. The van der Waals surface area contributed by atoms with Crippen molar-refractivity contribution in [3.63, 3.8) is 0 Å². The second-order valence-electron chi connectivity index (χ2n) is 9.25. The molecule has 0 aromatic carbocycles. The van der Waals surface area contributed by atoms with Crippen molar-refractivity contribution < 1.29 is 19.4 Å². The van der Waals surface area contributed by atoms with E-state index in [-0.39, 0.29) is 12.1 Å². The van der Waals surface area contributed by atoms with E-state index in [1.165, 1.54) is 64.2 Å². The van der Waals surface area contributed by atoms with Gasteiger partial charge in [0, 0.05) is 0 Å². The van der Waals surface area contributed by atoms with Crippen molar-refractivity contribution in [1.82, 2.24) is 0 Å². The Morgan fingerprint density at radius 3 is 1.72 bits per heavy atom. The summed E-state index contributed by atoms with van der Waals surface area (Å²) in [6.45, 7) is 6.52. The molecule has 0 heterocycles. The number of hydrogen-bond acceptors (Lipinski definition) is 3. The second-order valence-corrected chi connectivity index (χ2v) is 9.25. The fraction of sp³-hybridized carbons (Fsp3) is 0.840. The average molecular weight is 409 g/mol. The molecule has 29 heavy (non-hydrogen) atoms. The highest BCUT2D eigenvalue weighted by molar-refractivity contribution is 5.81. The molecule has 1 aliphatic carbocycles. The van der Waals surface area contributed by atoms with Crippen molar-refractivity contribution in [2.45, 2.75) is 117 Å². The smallest absolute Gasteiger partial charge is 0.310 e. The Bertz CT molecular complexity index is 483. The first-order valence-corrected chi connectivity index (χ1v) is 12.0. The molecule has 0 aliphatic heterocycles. The Balaban J connectivity index is 2.00. The van der Waals surface area contributed by atoms with Crippen LogP contribution in [0, 0.1) is 17.8 Å². The number of hydrogen-bond donors (Lipinski definition) is 1. The molecule has 0 radical (unpaired) electrons. The SMILES string of the molecule is CC(C)CCCCCCCCCCCCC(C)OC(=O)C1CC=CCC1C(=O)O. The van der Waals surface area contributed by atoms with E-state index in [1.807, 2.05) is 19.1 Å². The van der Waals surface area contributed by atoms with Gasteiger partial charge >= 0.3 is 11.9 Å². The van der Waals surface area contributed by atoms with Crippen molar-refractivity contribution in [3.8, 4) is 0 Å². The number of rotatable bonds is 16. The van der Waals surface area contributed by atoms with Gasteiger partial charge in [0.1, 0.15) is 0 Å². The number of carboxylic acid groups (broad SMARTS) is 1. The Labute approximate surface area is 178 Å². The summed E-state index contributed by atoms with van der Waals surface area (Å²) in [6.07, 6.45) is 19.7. The van der Waals surface area contributed by atoms with Gasteiger partial charge in [-0.15, -0.1) is 0 Å². The van der Waals surface area contributed by atoms with Crippen LogP contribution >= 0.6 is 0 Å². The standard InChI is InChI=1S/C25H44O4/c1-20(2)16-12-10-8-6-4-5-7-9-11-13-17-21(3)29-25(28)23-19-15-14-18-22(23)24(26)27/h14-15,20-23H,4-13,16-19H2,1-3H3,(H,26,27). The van der Waals surface area contributed by atoms with Gasteiger partial charge in [0.15, 0.2) is 0 Å².